The third-order valence-corrected chi connectivity index (χ3v) is 3.92. The number of nitrogens with one attached hydrogen (secondary N) is 1. The maximum atomic E-state index is 12.0. The Balaban J connectivity index is 1.93. The first-order valence-electron chi connectivity index (χ1n) is 5.98. The van der Waals surface area contributed by atoms with Gasteiger partial charge >= 0.3 is 0 Å². The minimum Gasteiger partial charge on any atom is -0.348 e. The molecule has 0 atom stereocenters. The van der Waals surface area contributed by atoms with Crippen molar-refractivity contribution in [2.24, 2.45) is 0 Å². The fraction of sp³-hybridized carbons (Fsp3) is 0.357. The summed E-state index contributed by atoms with van der Waals surface area (Å²) in [5.74, 6) is 0.0291. The van der Waals surface area contributed by atoms with Crippen molar-refractivity contribution in [3.63, 3.8) is 0 Å². The van der Waals surface area contributed by atoms with E-state index in [4.69, 9.17) is 0 Å². The fourth-order valence-corrected chi connectivity index (χ4v) is 2.63. The summed E-state index contributed by atoms with van der Waals surface area (Å²) in [5, 5.41) is 3.00. The normalized spacial score (nSPS) is 15.2. The van der Waals surface area contributed by atoms with Crippen molar-refractivity contribution in [1.82, 2.24) is 5.32 Å². The Bertz CT molecular complexity index is 440. The van der Waals surface area contributed by atoms with Crippen LogP contribution in [0.25, 0.3) is 0 Å². The van der Waals surface area contributed by atoms with Crippen LogP contribution in [0.1, 0.15) is 36.0 Å². The molecule has 2 rings (SSSR count). The summed E-state index contributed by atoms with van der Waals surface area (Å²) in [5.41, 5.74) is 2.14. The number of halogens is 1. The zero-order valence-electron chi connectivity index (χ0n) is 9.71. The first-order valence-corrected chi connectivity index (χ1v) is 7.06. The molecule has 0 radical (unpaired) electrons. The molecule has 1 amide bonds. The molecule has 1 aliphatic carbocycles. The lowest BCUT2D eigenvalue weighted by molar-refractivity contribution is 0.0955. The lowest BCUT2D eigenvalue weighted by Gasteiger charge is -2.13. The monoisotopic (exact) mass is 341 g/mol. The zero-order chi connectivity index (χ0) is 12.1. The molecular weight excluding hydrogens is 325 g/mol. The molecular formula is C14H16INO. The van der Waals surface area contributed by atoms with E-state index < -0.39 is 0 Å². The van der Waals surface area contributed by atoms with E-state index in [0.717, 1.165) is 22.0 Å². The van der Waals surface area contributed by atoms with Crippen LogP contribution in [0, 0.1) is 3.57 Å². The van der Waals surface area contributed by atoms with Crippen LogP contribution in [0.15, 0.2) is 35.9 Å². The first-order chi connectivity index (χ1) is 8.27. The van der Waals surface area contributed by atoms with E-state index in [1.165, 1.54) is 18.4 Å². The van der Waals surface area contributed by atoms with E-state index in [-0.39, 0.29) is 5.91 Å². The Morgan fingerprint density at radius 2 is 2.12 bits per heavy atom. The Morgan fingerprint density at radius 1 is 1.29 bits per heavy atom. The second-order valence-electron chi connectivity index (χ2n) is 4.27. The van der Waals surface area contributed by atoms with Crippen LogP contribution >= 0.6 is 22.6 Å². The summed E-state index contributed by atoms with van der Waals surface area (Å²) in [7, 11) is 0. The van der Waals surface area contributed by atoms with Gasteiger partial charge in [-0.1, -0.05) is 23.8 Å². The van der Waals surface area contributed by atoms with Gasteiger partial charge in [-0.15, -0.1) is 0 Å². The van der Waals surface area contributed by atoms with Crippen molar-refractivity contribution >= 4 is 28.5 Å². The molecule has 0 aliphatic heterocycles. The van der Waals surface area contributed by atoms with Crippen molar-refractivity contribution in [3.05, 3.63) is 45.0 Å². The average molecular weight is 341 g/mol. The Kier molecular flexibility index (Phi) is 4.59. The van der Waals surface area contributed by atoms with Gasteiger partial charge in [-0.25, -0.2) is 0 Å². The van der Waals surface area contributed by atoms with Gasteiger partial charge in [0.1, 0.15) is 0 Å². The lowest BCUT2D eigenvalue weighted by atomic mass is 9.99. The Morgan fingerprint density at radius 3 is 2.82 bits per heavy atom. The highest BCUT2D eigenvalue weighted by atomic mass is 127. The highest BCUT2D eigenvalue weighted by Crippen LogP contribution is 2.17. The predicted molar refractivity (Wildman–Crippen MR) is 78.0 cm³/mol. The predicted octanol–water partition coefficient (Wildman–Crippen LogP) is 3.52. The maximum Gasteiger partial charge on any atom is 0.252 e. The zero-order valence-corrected chi connectivity index (χ0v) is 11.9. The van der Waals surface area contributed by atoms with Crippen molar-refractivity contribution < 1.29 is 4.79 Å². The van der Waals surface area contributed by atoms with Gasteiger partial charge in [0, 0.05) is 10.1 Å². The van der Waals surface area contributed by atoms with Crippen LogP contribution in [0.5, 0.6) is 0 Å². The minimum absolute atomic E-state index is 0.0291. The van der Waals surface area contributed by atoms with Crippen LogP contribution in [-0.4, -0.2) is 12.5 Å². The number of allylic oxidation sites excluding steroid dienone is 1. The number of hydrogen-bond donors (Lipinski definition) is 1. The smallest absolute Gasteiger partial charge is 0.252 e. The van der Waals surface area contributed by atoms with Crippen molar-refractivity contribution in [1.29, 1.82) is 0 Å². The molecule has 0 heterocycles. The largest absolute Gasteiger partial charge is 0.348 e. The molecule has 1 aliphatic rings. The summed E-state index contributed by atoms with van der Waals surface area (Å²) in [4.78, 5) is 12.0. The van der Waals surface area contributed by atoms with E-state index in [9.17, 15) is 4.79 Å². The molecule has 90 valence electrons. The van der Waals surface area contributed by atoms with E-state index >= 15 is 0 Å². The molecule has 3 heteroatoms. The maximum absolute atomic E-state index is 12.0. The average Bonchev–Trinajstić information content (AvgIpc) is 2.38. The summed E-state index contributed by atoms with van der Waals surface area (Å²) in [6.45, 7) is 0.698. The van der Waals surface area contributed by atoms with Gasteiger partial charge < -0.3 is 5.32 Å². The number of carbonyl (C=O) groups is 1. The first kappa shape index (κ1) is 12.6. The van der Waals surface area contributed by atoms with Gasteiger partial charge in [0.05, 0.1) is 5.56 Å². The van der Waals surface area contributed by atoms with Gasteiger partial charge in [-0.05, 0) is 60.4 Å². The van der Waals surface area contributed by atoms with Gasteiger partial charge in [0.2, 0.25) is 0 Å². The lowest BCUT2D eigenvalue weighted by Crippen LogP contribution is -2.26. The topological polar surface area (TPSA) is 29.1 Å². The van der Waals surface area contributed by atoms with E-state index in [1.54, 1.807) is 0 Å². The van der Waals surface area contributed by atoms with Gasteiger partial charge in [-0.2, -0.15) is 0 Å². The second-order valence-corrected chi connectivity index (χ2v) is 5.43. The summed E-state index contributed by atoms with van der Waals surface area (Å²) in [6, 6.07) is 7.67. The van der Waals surface area contributed by atoms with E-state index in [1.807, 2.05) is 24.3 Å². The fourth-order valence-electron chi connectivity index (χ4n) is 2.00. The summed E-state index contributed by atoms with van der Waals surface area (Å²) < 4.78 is 1.00. The molecule has 0 spiro atoms. The molecule has 0 saturated carbocycles. The standard InChI is InChI=1S/C14H16INO/c15-13-9-5-4-8-12(13)14(17)16-10-11-6-2-1-3-7-11/h4-6,8-9H,1-3,7,10H2,(H,16,17). The molecule has 0 fully saturated rings. The van der Waals surface area contributed by atoms with Gasteiger partial charge in [0.15, 0.2) is 0 Å². The number of amides is 1. The highest BCUT2D eigenvalue weighted by Gasteiger charge is 2.10. The van der Waals surface area contributed by atoms with Crippen LogP contribution in [0.2, 0.25) is 0 Å². The van der Waals surface area contributed by atoms with Gasteiger partial charge in [0.25, 0.3) is 5.91 Å². The van der Waals surface area contributed by atoms with Crippen molar-refractivity contribution in [2.45, 2.75) is 25.7 Å². The molecule has 1 aromatic rings. The van der Waals surface area contributed by atoms with Crippen LogP contribution < -0.4 is 5.32 Å². The third kappa shape index (κ3) is 3.56. The molecule has 17 heavy (non-hydrogen) atoms. The number of benzene rings is 1. The summed E-state index contributed by atoms with van der Waals surface area (Å²) >= 11 is 2.19. The van der Waals surface area contributed by atoms with E-state index in [2.05, 4.69) is 34.0 Å². The Labute approximate surface area is 116 Å². The molecule has 1 aromatic carbocycles. The number of carbonyl (C=O) groups excluding carboxylic acids is 1. The highest BCUT2D eigenvalue weighted by molar-refractivity contribution is 14.1. The molecule has 0 bridgehead atoms. The molecule has 0 saturated heterocycles. The van der Waals surface area contributed by atoms with Crippen LogP contribution in [-0.2, 0) is 0 Å². The second kappa shape index (κ2) is 6.19. The third-order valence-electron chi connectivity index (χ3n) is 2.98. The van der Waals surface area contributed by atoms with Gasteiger partial charge in [-0.3, -0.25) is 4.79 Å². The van der Waals surface area contributed by atoms with Crippen LogP contribution in [0.3, 0.4) is 0 Å². The SMILES string of the molecule is O=C(NCC1=CCCCC1)c1ccccc1I. The summed E-state index contributed by atoms with van der Waals surface area (Å²) in [6.07, 6.45) is 7.10. The molecule has 0 aromatic heterocycles. The van der Waals surface area contributed by atoms with Crippen molar-refractivity contribution in [2.75, 3.05) is 6.54 Å². The number of hydrogen-bond acceptors (Lipinski definition) is 1. The Hall–Kier alpha value is -0.840. The quantitative estimate of drug-likeness (QED) is 0.662. The minimum atomic E-state index is 0.0291. The molecule has 1 N–H and O–H groups in total. The van der Waals surface area contributed by atoms with E-state index in [0.29, 0.717) is 6.54 Å². The molecule has 0 unspecified atom stereocenters. The number of rotatable bonds is 3. The van der Waals surface area contributed by atoms with Crippen LogP contribution in [0.4, 0.5) is 0 Å². The molecule has 2 nitrogen and oxygen atoms in total. The van der Waals surface area contributed by atoms with Crippen molar-refractivity contribution in [3.8, 4) is 0 Å².